The maximum absolute atomic E-state index is 8.89. The van der Waals surface area contributed by atoms with Gasteiger partial charge in [-0.05, 0) is 35.9 Å². The van der Waals surface area contributed by atoms with Gasteiger partial charge in [-0.3, -0.25) is 0 Å². The fourth-order valence-electron chi connectivity index (χ4n) is 4.88. The Hall–Kier alpha value is -3.14. The van der Waals surface area contributed by atoms with Crippen molar-refractivity contribution in [2.24, 2.45) is 7.05 Å². The molecule has 4 heteroatoms. The quantitative estimate of drug-likeness (QED) is 0.352. The molecule has 0 N–H and O–H groups in total. The Morgan fingerprint density at radius 3 is 2.39 bits per heavy atom. The lowest BCUT2D eigenvalue weighted by molar-refractivity contribution is -0.659. The van der Waals surface area contributed by atoms with Gasteiger partial charge in [-0.25, -0.2) is 9.55 Å². The molecule has 0 amide bonds. The second-order valence-corrected chi connectivity index (χ2v) is 8.95. The fourth-order valence-corrected chi connectivity index (χ4v) is 4.88. The zero-order chi connectivity index (χ0) is 23.7. The number of benzene rings is 2. The van der Waals surface area contributed by atoms with Crippen LogP contribution in [0.3, 0.4) is 0 Å². The van der Waals surface area contributed by atoms with Gasteiger partial charge in [-0.15, -0.1) is 0 Å². The zero-order valence-corrected chi connectivity index (χ0v) is 19.2. The van der Waals surface area contributed by atoms with Crippen molar-refractivity contribution in [3.63, 3.8) is 0 Å². The van der Waals surface area contributed by atoms with E-state index in [1.807, 2.05) is 58.3 Å². The third kappa shape index (κ3) is 2.96. The molecule has 3 heterocycles. The van der Waals surface area contributed by atoms with Crippen LogP contribution in [0, 0.1) is 6.92 Å². The molecular weight excluding hydrogens is 380 g/mol. The zero-order valence-electron chi connectivity index (χ0n) is 21.2. The predicted molar refractivity (Wildman–Crippen MR) is 125 cm³/mol. The molecule has 0 saturated heterocycles. The van der Waals surface area contributed by atoms with E-state index >= 15 is 0 Å². The van der Waals surface area contributed by atoms with Gasteiger partial charge in [0.15, 0.2) is 0 Å². The van der Waals surface area contributed by atoms with Crippen LogP contribution in [0.1, 0.15) is 70.3 Å². The highest BCUT2D eigenvalue weighted by atomic mass is 15.1. The fraction of sp³-hybridized carbons (Fsp3) is 0.333. The van der Waals surface area contributed by atoms with E-state index in [0.29, 0.717) is 0 Å². The predicted octanol–water partition coefficient (Wildman–Crippen LogP) is 5.61. The SMILES string of the molecule is [2H]C(C)(C)c1cccc(C([2H])(C)C)c1-n1cc[n+](C)c1-c1c(C)ccc2c1Cc1nccn1-2. The van der Waals surface area contributed by atoms with Crippen LogP contribution in [0.2, 0.25) is 0 Å². The van der Waals surface area contributed by atoms with Gasteiger partial charge in [0.2, 0.25) is 0 Å². The molecule has 5 rings (SSSR count). The second-order valence-electron chi connectivity index (χ2n) is 8.95. The molecule has 0 saturated carbocycles. The first-order valence-corrected chi connectivity index (χ1v) is 10.9. The van der Waals surface area contributed by atoms with Crippen molar-refractivity contribution >= 4 is 0 Å². The number of para-hydroxylation sites is 1. The third-order valence-electron chi connectivity index (χ3n) is 6.39. The van der Waals surface area contributed by atoms with Crippen molar-refractivity contribution in [3.8, 4) is 22.8 Å². The van der Waals surface area contributed by atoms with E-state index in [1.165, 1.54) is 22.4 Å². The molecule has 2 aromatic carbocycles. The summed E-state index contributed by atoms with van der Waals surface area (Å²) in [5.41, 5.74) is 7.59. The Balaban J connectivity index is 1.84. The highest BCUT2D eigenvalue weighted by Gasteiger charge is 2.32. The van der Waals surface area contributed by atoms with Crippen molar-refractivity contribution in [2.75, 3.05) is 0 Å². The van der Waals surface area contributed by atoms with Gasteiger partial charge in [0.25, 0.3) is 5.82 Å². The maximum Gasteiger partial charge on any atom is 0.294 e. The summed E-state index contributed by atoms with van der Waals surface area (Å²) < 4.78 is 24.3. The average molecular weight is 414 g/mol. The number of hydrogen-bond donors (Lipinski definition) is 0. The Morgan fingerprint density at radius 1 is 1.00 bits per heavy atom. The Bertz CT molecular complexity index is 1350. The number of rotatable bonds is 4. The molecule has 4 nitrogen and oxygen atoms in total. The van der Waals surface area contributed by atoms with Crippen molar-refractivity contribution < 1.29 is 7.31 Å². The number of nitrogens with zero attached hydrogens (tertiary/aromatic N) is 4. The molecule has 0 bridgehead atoms. The smallest absolute Gasteiger partial charge is 0.294 e. The monoisotopic (exact) mass is 413 g/mol. The van der Waals surface area contributed by atoms with Crippen molar-refractivity contribution in [3.05, 3.63) is 83.2 Å². The van der Waals surface area contributed by atoms with Gasteiger partial charge in [-0.1, -0.05) is 52.0 Å². The Morgan fingerprint density at radius 2 is 1.71 bits per heavy atom. The first kappa shape index (κ1) is 17.5. The van der Waals surface area contributed by atoms with Crippen LogP contribution >= 0.6 is 0 Å². The van der Waals surface area contributed by atoms with E-state index in [2.05, 4.69) is 57.2 Å². The van der Waals surface area contributed by atoms with E-state index in [9.17, 15) is 0 Å². The molecule has 4 aromatic rings. The van der Waals surface area contributed by atoms with Gasteiger partial charge in [0, 0.05) is 32.7 Å². The summed E-state index contributed by atoms with van der Waals surface area (Å²) >= 11 is 0. The van der Waals surface area contributed by atoms with Crippen LogP contribution in [0.4, 0.5) is 0 Å². The van der Waals surface area contributed by atoms with Crippen molar-refractivity contribution in [1.82, 2.24) is 14.1 Å². The van der Waals surface area contributed by atoms with E-state index in [4.69, 9.17) is 2.74 Å². The number of aromatic nitrogens is 4. The van der Waals surface area contributed by atoms with Gasteiger partial charge in [0.05, 0.1) is 18.3 Å². The van der Waals surface area contributed by atoms with Gasteiger partial charge < -0.3 is 4.57 Å². The van der Waals surface area contributed by atoms with Crippen LogP contribution in [-0.2, 0) is 13.5 Å². The lowest BCUT2D eigenvalue weighted by atomic mass is 9.92. The topological polar surface area (TPSA) is 26.6 Å². The minimum atomic E-state index is -0.813. The molecule has 0 unspecified atom stereocenters. The summed E-state index contributed by atoms with van der Waals surface area (Å²) in [6, 6.07) is 10.4. The van der Waals surface area contributed by atoms with Crippen molar-refractivity contribution in [1.29, 1.82) is 0 Å². The van der Waals surface area contributed by atoms with Crippen LogP contribution < -0.4 is 4.57 Å². The van der Waals surface area contributed by atoms with Crippen LogP contribution in [0.15, 0.2) is 55.1 Å². The second kappa shape index (κ2) is 7.23. The highest BCUT2D eigenvalue weighted by molar-refractivity contribution is 5.73. The molecule has 0 fully saturated rings. The summed E-state index contributed by atoms with van der Waals surface area (Å²) in [5.74, 6) is 0.481. The van der Waals surface area contributed by atoms with Gasteiger partial charge >= 0.3 is 0 Å². The molecule has 0 aliphatic carbocycles. The number of imidazole rings is 2. The van der Waals surface area contributed by atoms with Crippen LogP contribution in [0.25, 0.3) is 22.8 Å². The molecular formula is C27H31N4+. The van der Waals surface area contributed by atoms with Crippen LogP contribution in [-0.4, -0.2) is 14.1 Å². The Labute approximate surface area is 187 Å². The third-order valence-corrected chi connectivity index (χ3v) is 6.39. The van der Waals surface area contributed by atoms with Crippen LogP contribution in [0.5, 0.6) is 0 Å². The first-order chi connectivity index (χ1) is 15.5. The van der Waals surface area contributed by atoms with E-state index in [-0.39, 0.29) is 0 Å². The van der Waals surface area contributed by atoms with E-state index in [1.54, 1.807) is 0 Å². The first-order valence-electron chi connectivity index (χ1n) is 11.9. The largest absolute Gasteiger partial charge is 0.303 e. The normalized spacial score (nSPS) is 14.3. The highest BCUT2D eigenvalue weighted by Crippen LogP contribution is 2.39. The molecule has 0 radical (unpaired) electrons. The summed E-state index contributed by atoms with van der Waals surface area (Å²) in [7, 11) is 2.07. The molecule has 0 spiro atoms. The lowest BCUT2D eigenvalue weighted by Crippen LogP contribution is -2.30. The summed E-state index contributed by atoms with van der Waals surface area (Å²) in [6.45, 7) is 9.82. The average Bonchev–Trinajstić information content (AvgIpc) is 3.41. The summed E-state index contributed by atoms with van der Waals surface area (Å²) in [5, 5.41) is 0. The van der Waals surface area contributed by atoms with E-state index < -0.39 is 11.8 Å². The van der Waals surface area contributed by atoms with E-state index in [0.717, 1.165) is 34.9 Å². The lowest BCUT2D eigenvalue weighted by Gasteiger charge is -2.19. The molecule has 1 aliphatic heterocycles. The summed E-state index contributed by atoms with van der Waals surface area (Å²) in [4.78, 5) is 4.56. The standard InChI is InChI=1S/C27H31N4/c1-17(2)20-8-7-9-21(18(3)4)26(20)31-15-14-29(6)27(31)25-19(5)10-11-23-22(25)16-24-28-12-13-30(23)24/h7-15,17-18H,16H2,1-6H3/q+1/i17D,18D. The molecule has 31 heavy (non-hydrogen) atoms. The molecule has 1 aliphatic rings. The Kier molecular flexibility index (Phi) is 4.09. The number of aryl methyl sites for hydroxylation is 2. The minimum absolute atomic E-state index is 0.785. The number of hydrogen-bond acceptors (Lipinski definition) is 1. The molecule has 2 aromatic heterocycles. The van der Waals surface area contributed by atoms with Crippen molar-refractivity contribution in [2.45, 2.75) is 52.8 Å². The minimum Gasteiger partial charge on any atom is -0.303 e. The van der Waals surface area contributed by atoms with Gasteiger partial charge in [-0.2, -0.15) is 4.57 Å². The maximum atomic E-state index is 8.89. The number of fused-ring (bicyclic) bond motifs is 3. The molecule has 158 valence electrons. The summed E-state index contributed by atoms with van der Waals surface area (Å²) in [6.07, 6.45) is 8.80. The molecule has 0 atom stereocenters. The van der Waals surface area contributed by atoms with Gasteiger partial charge in [0.1, 0.15) is 23.9 Å².